The molecular weight excluding hydrogens is 347 g/mol. The fraction of sp³-hybridized carbons (Fsp3) is 0.0625. The maximum Gasteiger partial charge on any atom is 0.417 e. The van der Waals surface area contributed by atoms with Crippen LogP contribution >= 0.6 is 0 Å². The summed E-state index contributed by atoms with van der Waals surface area (Å²) in [6.07, 6.45) is -1.66. The predicted molar refractivity (Wildman–Crippen MR) is 87.4 cm³/mol. The summed E-state index contributed by atoms with van der Waals surface area (Å²) in [6.45, 7) is 0. The van der Waals surface area contributed by atoms with Crippen molar-refractivity contribution in [1.82, 2.24) is 30.1 Å². The first-order chi connectivity index (χ1) is 12.5. The molecule has 2 N–H and O–H groups in total. The van der Waals surface area contributed by atoms with Gasteiger partial charge in [-0.1, -0.05) is 18.2 Å². The summed E-state index contributed by atoms with van der Waals surface area (Å²) < 4.78 is 40.0. The summed E-state index contributed by atoms with van der Waals surface area (Å²) in [5, 5.41) is 9.81. The molecule has 7 nitrogen and oxygen atoms in total. The topological polar surface area (TPSA) is 92.3 Å². The number of halogens is 3. The second-order valence-electron chi connectivity index (χ2n) is 5.26. The molecule has 0 bridgehead atoms. The average Bonchev–Trinajstić information content (AvgIpc) is 3.14. The fourth-order valence-electron chi connectivity index (χ4n) is 2.48. The Bertz CT molecular complexity index is 1060. The summed E-state index contributed by atoms with van der Waals surface area (Å²) >= 11 is 0. The first kappa shape index (κ1) is 15.9. The number of rotatable bonds is 3. The Kier molecular flexibility index (Phi) is 3.72. The van der Waals surface area contributed by atoms with Gasteiger partial charge < -0.3 is 5.32 Å². The summed E-state index contributed by atoms with van der Waals surface area (Å²) in [7, 11) is 0. The number of nitrogens with one attached hydrogen (secondary N) is 2. The number of fused-ring (bicyclic) bond motifs is 1. The van der Waals surface area contributed by atoms with E-state index >= 15 is 0 Å². The van der Waals surface area contributed by atoms with Gasteiger partial charge in [-0.2, -0.15) is 13.2 Å². The lowest BCUT2D eigenvalue weighted by Crippen LogP contribution is -2.09. The van der Waals surface area contributed by atoms with Crippen LogP contribution in [0.25, 0.3) is 22.4 Å². The monoisotopic (exact) mass is 357 g/mol. The van der Waals surface area contributed by atoms with Gasteiger partial charge in [-0.25, -0.2) is 19.9 Å². The van der Waals surface area contributed by atoms with Gasteiger partial charge >= 0.3 is 6.18 Å². The quantitative estimate of drug-likeness (QED) is 0.582. The SMILES string of the molecule is FC(F)(F)c1ccccc1-c1nc(Nc2nc[nH]n2)c2cccnc2n1. The number of benzene rings is 1. The van der Waals surface area contributed by atoms with Crippen molar-refractivity contribution in [3.05, 3.63) is 54.5 Å². The third-order valence-electron chi connectivity index (χ3n) is 3.59. The summed E-state index contributed by atoms with van der Waals surface area (Å²) in [5.41, 5.74) is -0.697. The molecule has 0 aliphatic rings. The molecule has 10 heteroatoms. The smallest absolute Gasteiger partial charge is 0.307 e. The molecule has 0 aliphatic carbocycles. The summed E-state index contributed by atoms with van der Waals surface area (Å²) in [6, 6.07) is 8.51. The molecule has 4 aromatic rings. The van der Waals surface area contributed by atoms with E-state index in [1.54, 1.807) is 12.1 Å². The van der Waals surface area contributed by atoms with Gasteiger partial charge in [0.25, 0.3) is 0 Å². The number of nitrogens with zero attached hydrogens (tertiary/aromatic N) is 5. The molecule has 26 heavy (non-hydrogen) atoms. The number of hydrogen-bond acceptors (Lipinski definition) is 6. The Morgan fingerprint density at radius 2 is 1.81 bits per heavy atom. The summed E-state index contributed by atoms with van der Waals surface area (Å²) in [5.74, 6) is 0.390. The van der Waals surface area contributed by atoms with Gasteiger partial charge in [0, 0.05) is 11.8 Å². The zero-order valence-electron chi connectivity index (χ0n) is 13.0. The lowest BCUT2D eigenvalue weighted by atomic mass is 10.1. The largest absolute Gasteiger partial charge is 0.417 e. The molecule has 1 aromatic carbocycles. The van der Waals surface area contributed by atoms with Gasteiger partial charge in [0.05, 0.1) is 10.9 Å². The van der Waals surface area contributed by atoms with E-state index in [0.29, 0.717) is 5.39 Å². The van der Waals surface area contributed by atoms with Crippen LogP contribution in [0, 0.1) is 0 Å². The highest BCUT2D eigenvalue weighted by atomic mass is 19.4. The van der Waals surface area contributed by atoms with Crippen LogP contribution < -0.4 is 5.32 Å². The minimum Gasteiger partial charge on any atom is -0.307 e. The van der Waals surface area contributed by atoms with Gasteiger partial charge in [0.1, 0.15) is 12.1 Å². The Hall–Kier alpha value is -3.56. The van der Waals surface area contributed by atoms with Crippen molar-refractivity contribution in [3.8, 4) is 11.4 Å². The van der Waals surface area contributed by atoms with Crippen LogP contribution in [0.5, 0.6) is 0 Å². The van der Waals surface area contributed by atoms with Crippen LogP contribution in [-0.2, 0) is 6.18 Å². The highest BCUT2D eigenvalue weighted by Crippen LogP contribution is 2.36. The average molecular weight is 357 g/mol. The zero-order valence-corrected chi connectivity index (χ0v) is 13.0. The van der Waals surface area contributed by atoms with Crippen LogP contribution in [0.4, 0.5) is 24.9 Å². The third-order valence-corrected chi connectivity index (χ3v) is 3.59. The molecule has 0 saturated heterocycles. The molecule has 0 aliphatic heterocycles. The van der Waals surface area contributed by atoms with Crippen LogP contribution in [0.3, 0.4) is 0 Å². The van der Waals surface area contributed by atoms with Crippen molar-refractivity contribution in [2.75, 3.05) is 5.32 Å². The molecule has 0 spiro atoms. The highest BCUT2D eigenvalue weighted by molar-refractivity contribution is 5.89. The molecule has 4 rings (SSSR count). The van der Waals surface area contributed by atoms with Crippen molar-refractivity contribution in [1.29, 1.82) is 0 Å². The minimum atomic E-state index is -4.53. The normalized spacial score (nSPS) is 11.7. The molecule has 0 fully saturated rings. The third kappa shape index (κ3) is 2.92. The number of hydrogen-bond donors (Lipinski definition) is 2. The summed E-state index contributed by atoms with van der Waals surface area (Å²) in [4.78, 5) is 16.5. The zero-order chi connectivity index (χ0) is 18.1. The molecule has 3 heterocycles. The number of aromatic nitrogens is 6. The van der Waals surface area contributed by atoms with Gasteiger partial charge in [0.15, 0.2) is 11.5 Å². The van der Waals surface area contributed by atoms with Gasteiger partial charge in [-0.3, -0.25) is 5.10 Å². The number of pyridine rings is 1. The van der Waals surface area contributed by atoms with E-state index in [1.165, 1.54) is 30.7 Å². The maximum atomic E-state index is 13.3. The second kappa shape index (κ2) is 6.06. The maximum absolute atomic E-state index is 13.3. The van der Waals surface area contributed by atoms with Crippen molar-refractivity contribution >= 4 is 22.8 Å². The van der Waals surface area contributed by atoms with Crippen LogP contribution in [-0.4, -0.2) is 30.1 Å². The van der Waals surface area contributed by atoms with Crippen molar-refractivity contribution in [3.63, 3.8) is 0 Å². The Morgan fingerprint density at radius 1 is 0.962 bits per heavy atom. The van der Waals surface area contributed by atoms with E-state index in [4.69, 9.17) is 0 Å². The van der Waals surface area contributed by atoms with Crippen LogP contribution in [0.2, 0.25) is 0 Å². The first-order valence-electron chi connectivity index (χ1n) is 7.44. The predicted octanol–water partition coefficient (Wildman–Crippen LogP) is 3.57. The number of aromatic amines is 1. The molecule has 0 radical (unpaired) electrons. The van der Waals surface area contributed by atoms with E-state index in [-0.39, 0.29) is 28.8 Å². The van der Waals surface area contributed by atoms with Crippen LogP contribution in [0.1, 0.15) is 5.56 Å². The van der Waals surface area contributed by atoms with Crippen molar-refractivity contribution < 1.29 is 13.2 Å². The molecule has 0 atom stereocenters. The van der Waals surface area contributed by atoms with E-state index in [1.807, 2.05) is 0 Å². The van der Waals surface area contributed by atoms with Gasteiger partial charge in [-0.15, -0.1) is 5.10 Å². The van der Waals surface area contributed by atoms with E-state index in [0.717, 1.165) is 6.07 Å². The van der Waals surface area contributed by atoms with E-state index in [2.05, 4.69) is 35.5 Å². The van der Waals surface area contributed by atoms with Gasteiger partial charge in [-0.05, 0) is 18.2 Å². The Labute approximate surface area is 144 Å². The lowest BCUT2D eigenvalue weighted by Gasteiger charge is -2.13. The number of anilines is 2. The lowest BCUT2D eigenvalue weighted by molar-refractivity contribution is -0.137. The Morgan fingerprint density at radius 3 is 2.58 bits per heavy atom. The standard InChI is InChI=1S/C16H10F3N7/c17-16(18,19)11-6-2-1-4-9(11)13-23-12-10(5-3-7-20-12)14(24-13)25-15-21-8-22-26-15/h1-8H,(H2,20,21,22,23,24,25,26). The minimum absolute atomic E-state index is 0.0952. The second-order valence-corrected chi connectivity index (χ2v) is 5.26. The van der Waals surface area contributed by atoms with Crippen LogP contribution in [0.15, 0.2) is 48.9 Å². The van der Waals surface area contributed by atoms with E-state index in [9.17, 15) is 13.2 Å². The fourth-order valence-corrected chi connectivity index (χ4v) is 2.48. The molecule has 0 amide bonds. The van der Waals surface area contributed by atoms with E-state index < -0.39 is 11.7 Å². The number of H-pyrrole nitrogens is 1. The first-order valence-corrected chi connectivity index (χ1v) is 7.44. The molecule has 130 valence electrons. The van der Waals surface area contributed by atoms with Crippen molar-refractivity contribution in [2.45, 2.75) is 6.18 Å². The van der Waals surface area contributed by atoms with Gasteiger partial charge in [0.2, 0.25) is 5.95 Å². The number of alkyl halides is 3. The highest BCUT2D eigenvalue weighted by Gasteiger charge is 2.34. The van der Waals surface area contributed by atoms with Crippen molar-refractivity contribution in [2.24, 2.45) is 0 Å². The molecule has 0 saturated carbocycles. The Balaban J connectivity index is 1.92. The molecule has 3 aromatic heterocycles. The molecular formula is C16H10F3N7. The molecule has 0 unspecified atom stereocenters.